The summed E-state index contributed by atoms with van der Waals surface area (Å²) in [4.78, 5) is 12.5. The third kappa shape index (κ3) is 6.58. The van der Waals surface area contributed by atoms with Crippen LogP contribution >= 0.6 is 0 Å². The maximum Gasteiger partial charge on any atom is 0.261 e. The lowest BCUT2D eigenvalue weighted by Gasteiger charge is -2.10. The van der Waals surface area contributed by atoms with Crippen molar-refractivity contribution < 1.29 is 17.9 Å². The number of ether oxygens (including phenoxy) is 1. The van der Waals surface area contributed by atoms with Gasteiger partial charge in [-0.3, -0.25) is 9.52 Å². The van der Waals surface area contributed by atoms with Crippen LogP contribution in [0.25, 0.3) is 0 Å². The zero-order valence-electron chi connectivity index (χ0n) is 17.4. The molecule has 7 heteroatoms. The highest BCUT2D eigenvalue weighted by atomic mass is 32.2. The molecule has 2 N–H and O–H groups in total. The first-order valence-electron chi connectivity index (χ1n) is 10.2. The summed E-state index contributed by atoms with van der Waals surface area (Å²) in [6, 6.07) is 22.5. The standard InChI is InChI=1S/C24H26N2O4S/c1-2-30-22-15-13-19(14-16-22)8-7-17-25-24(27)20-9-6-12-23(18-20)31(28,29)26-21-10-4-3-5-11-21/h3-6,9-16,18,26H,2,7-8,17H2,1H3,(H,25,27). The van der Waals surface area contributed by atoms with Crippen molar-refractivity contribution in [3.8, 4) is 5.75 Å². The summed E-state index contributed by atoms with van der Waals surface area (Å²) in [7, 11) is -3.78. The molecule has 0 aliphatic carbocycles. The Morgan fingerprint density at radius 2 is 1.68 bits per heavy atom. The number of hydrogen-bond donors (Lipinski definition) is 2. The number of benzene rings is 3. The molecule has 0 unspecified atom stereocenters. The SMILES string of the molecule is CCOc1ccc(CCCNC(=O)c2cccc(S(=O)(=O)Nc3ccccc3)c2)cc1. The van der Waals surface area contributed by atoms with E-state index in [9.17, 15) is 13.2 Å². The molecule has 3 rings (SSSR count). The smallest absolute Gasteiger partial charge is 0.261 e. The average molecular weight is 439 g/mol. The number of carbonyl (C=O) groups is 1. The van der Waals surface area contributed by atoms with E-state index < -0.39 is 10.0 Å². The summed E-state index contributed by atoms with van der Waals surface area (Å²) in [6.07, 6.45) is 1.59. The molecule has 0 atom stereocenters. The normalized spacial score (nSPS) is 11.0. The second-order valence-corrected chi connectivity index (χ2v) is 8.62. The summed E-state index contributed by atoms with van der Waals surface area (Å²) < 4.78 is 33.2. The number of rotatable bonds is 10. The molecule has 0 radical (unpaired) electrons. The van der Waals surface area contributed by atoms with Gasteiger partial charge in [0.1, 0.15) is 5.75 Å². The van der Waals surface area contributed by atoms with E-state index in [0.717, 1.165) is 24.2 Å². The molecule has 0 spiro atoms. The largest absolute Gasteiger partial charge is 0.494 e. The summed E-state index contributed by atoms with van der Waals surface area (Å²) in [5.74, 6) is 0.541. The minimum Gasteiger partial charge on any atom is -0.494 e. The third-order valence-electron chi connectivity index (χ3n) is 4.59. The maximum absolute atomic E-state index is 12.6. The molecule has 3 aromatic carbocycles. The Balaban J connectivity index is 1.53. The molecule has 3 aromatic rings. The zero-order chi connectivity index (χ0) is 22.1. The number of para-hydroxylation sites is 1. The monoisotopic (exact) mass is 438 g/mol. The zero-order valence-corrected chi connectivity index (χ0v) is 18.2. The van der Waals surface area contributed by atoms with Gasteiger partial charge in [0.05, 0.1) is 11.5 Å². The van der Waals surface area contributed by atoms with Crippen LogP contribution in [0.15, 0.2) is 83.8 Å². The van der Waals surface area contributed by atoms with Gasteiger partial charge in [0.25, 0.3) is 15.9 Å². The Morgan fingerprint density at radius 3 is 2.39 bits per heavy atom. The second-order valence-electron chi connectivity index (χ2n) is 6.94. The molecule has 0 heterocycles. The molecule has 0 fully saturated rings. The van der Waals surface area contributed by atoms with E-state index in [0.29, 0.717) is 24.4 Å². The van der Waals surface area contributed by atoms with Crippen molar-refractivity contribution in [2.24, 2.45) is 0 Å². The molecular formula is C24H26N2O4S. The van der Waals surface area contributed by atoms with Gasteiger partial charge in [-0.05, 0) is 67.8 Å². The fourth-order valence-electron chi connectivity index (χ4n) is 3.04. The molecule has 31 heavy (non-hydrogen) atoms. The quantitative estimate of drug-likeness (QED) is 0.464. The van der Waals surface area contributed by atoms with Gasteiger partial charge in [-0.25, -0.2) is 8.42 Å². The lowest BCUT2D eigenvalue weighted by molar-refractivity contribution is 0.0953. The molecular weight excluding hydrogens is 412 g/mol. The van der Waals surface area contributed by atoms with Crippen molar-refractivity contribution in [3.63, 3.8) is 0 Å². The van der Waals surface area contributed by atoms with Crippen molar-refractivity contribution in [2.75, 3.05) is 17.9 Å². The highest BCUT2D eigenvalue weighted by Gasteiger charge is 2.16. The van der Waals surface area contributed by atoms with Crippen molar-refractivity contribution in [3.05, 3.63) is 90.0 Å². The van der Waals surface area contributed by atoms with E-state index in [-0.39, 0.29) is 10.8 Å². The highest BCUT2D eigenvalue weighted by molar-refractivity contribution is 7.92. The van der Waals surface area contributed by atoms with Gasteiger partial charge in [-0.1, -0.05) is 36.4 Å². The Labute approximate surface area is 183 Å². The van der Waals surface area contributed by atoms with Crippen LogP contribution < -0.4 is 14.8 Å². The molecule has 6 nitrogen and oxygen atoms in total. The Bertz CT molecular complexity index is 1100. The topological polar surface area (TPSA) is 84.5 Å². The number of aryl methyl sites for hydroxylation is 1. The number of nitrogens with one attached hydrogen (secondary N) is 2. The predicted molar refractivity (Wildman–Crippen MR) is 122 cm³/mol. The first kappa shape index (κ1) is 22.4. The molecule has 162 valence electrons. The van der Waals surface area contributed by atoms with Crippen molar-refractivity contribution in [2.45, 2.75) is 24.7 Å². The van der Waals surface area contributed by atoms with Crippen LogP contribution in [0.5, 0.6) is 5.75 Å². The van der Waals surface area contributed by atoms with Crippen molar-refractivity contribution in [1.82, 2.24) is 5.32 Å². The van der Waals surface area contributed by atoms with E-state index in [1.54, 1.807) is 42.5 Å². The highest BCUT2D eigenvalue weighted by Crippen LogP contribution is 2.17. The van der Waals surface area contributed by atoms with Gasteiger partial charge in [0.2, 0.25) is 0 Å². The van der Waals surface area contributed by atoms with Crippen LogP contribution in [0.4, 0.5) is 5.69 Å². The summed E-state index contributed by atoms with van der Waals surface area (Å²) >= 11 is 0. The molecule has 0 bridgehead atoms. The first-order chi connectivity index (χ1) is 15.0. The van der Waals surface area contributed by atoms with Gasteiger partial charge in [0.15, 0.2) is 0 Å². The lowest BCUT2D eigenvalue weighted by Crippen LogP contribution is -2.25. The van der Waals surface area contributed by atoms with E-state index in [2.05, 4.69) is 10.0 Å². The van der Waals surface area contributed by atoms with E-state index >= 15 is 0 Å². The van der Waals surface area contributed by atoms with Crippen molar-refractivity contribution in [1.29, 1.82) is 0 Å². The number of amides is 1. The minimum absolute atomic E-state index is 0.0402. The second kappa shape index (κ2) is 10.6. The Hall–Kier alpha value is -3.32. The van der Waals surface area contributed by atoms with Crippen LogP contribution in [-0.4, -0.2) is 27.5 Å². The number of anilines is 1. The molecule has 0 saturated heterocycles. The molecule has 0 saturated carbocycles. The van der Waals surface area contributed by atoms with Gasteiger partial charge in [0, 0.05) is 17.8 Å². The number of hydrogen-bond acceptors (Lipinski definition) is 4. The van der Waals surface area contributed by atoms with Gasteiger partial charge < -0.3 is 10.1 Å². The summed E-state index contributed by atoms with van der Waals surface area (Å²) in [6.45, 7) is 3.07. The van der Waals surface area contributed by atoms with Crippen LogP contribution in [0.3, 0.4) is 0 Å². The predicted octanol–water partition coefficient (Wildman–Crippen LogP) is 4.25. The Kier molecular flexibility index (Phi) is 7.67. The first-order valence-corrected chi connectivity index (χ1v) is 11.6. The van der Waals surface area contributed by atoms with Gasteiger partial charge >= 0.3 is 0 Å². The van der Waals surface area contributed by atoms with Gasteiger partial charge in [-0.15, -0.1) is 0 Å². The van der Waals surface area contributed by atoms with Crippen LogP contribution in [0.2, 0.25) is 0 Å². The van der Waals surface area contributed by atoms with Gasteiger partial charge in [-0.2, -0.15) is 0 Å². The van der Waals surface area contributed by atoms with Crippen molar-refractivity contribution >= 4 is 21.6 Å². The molecule has 0 aliphatic heterocycles. The Morgan fingerprint density at radius 1 is 0.935 bits per heavy atom. The average Bonchev–Trinajstić information content (AvgIpc) is 2.78. The molecule has 0 aromatic heterocycles. The number of sulfonamides is 1. The molecule has 1 amide bonds. The minimum atomic E-state index is -3.78. The van der Waals surface area contributed by atoms with E-state index in [1.807, 2.05) is 31.2 Å². The summed E-state index contributed by atoms with van der Waals surface area (Å²) in [5.41, 5.74) is 1.93. The number of carbonyl (C=O) groups excluding carboxylic acids is 1. The van der Waals surface area contributed by atoms with E-state index in [4.69, 9.17) is 4.74 Å². The fraction of sp³-hybridized carbons (Fsp3) is 0.208. The fourth-order valence-corrected chi connectivity index (χ4v) is 4.14. The van der Waals surface area contributed by atoms with Crippen LogP contribution in [-0.2, 0) is 16.4 Å². The van der Waals surface area contributed by atoms with Crippen LogP contribution in [0.1, 0.15) is 29.3 Å². The van der Waals surface area contributed by atoms with E-state index in [1.165, 1.54) is 12.1 Å². The lowest BCUT2D eigenvalue weighted by atomic mass is 10.1. The third-order valence-corrected chi connectivity index (χ3v) is 5.97. The molecule has 0 aliphatic rings. The summed E-state index contributed by atoms with van der Waals surface area (Å²) in [5, 5.41) is 2.85. The van der Waals surface area contributed by atoms with Crippen LogP contribution in [0, 0.1) is 0 Å². The maximum atomic E-state index is 12.6.